The van der Waals surface area contributed by atoms with E-state index in [1.807, 2.05) is 31.0 Å². The molecule has 0 radical (unpaired) electrons. The fourth-order valence-electron chi connectivity index (χ4n) is 6.17. The summed E-state index contributed by atoms with van der Waals surface area (Å²) in [6.45, 7) is 15.7. The van der Waals surface area contributed by atoms with Gasteiger partial charge in [0, 0.05) is 76.8 Å². The van der Waals surface area contributed by atoms with Crippen molar-refractivity contribution in [2.75, 3.05) is 57.4 Å². The minimum absolute atomic E-state index is 0.0110. The van der Waals surface area contributed by atoms with E-state index in [-0.39, 0.29) is 49.5 Å². The number of unbranched alkanes of at least 4 members (excludes halogenated alkanes) is 4. The lowest BCUT2D eigenvalue weighted by Gasteiger charge is -2.35. The third-order valence-corrected chi connectivity index (χ3v) is 8.94. The molecule has 0 aliphatic carbocycles. The van der Waals surface area contributed by atoms with Crippen LogP contribution in [0.2, 0.25) is 0 Å². The average molecular weight is 693 g/mol. The molecule has 0 unspecified atom stereocenters. The highest BCUT2D eigenvalue weighted by atomic mass is 16.5. The first-order chi connectivity index (χ1) is 24.3. The van der Waals surface area contributed by atoms with Gasteiger partial charge in [-0.1, -0.05) is 78.9 Å². The Kier molecular flexibility index (Phi) is 17.0. The Labute approximate surface area is 298 Å². The van der Waals surface area contributed by atoms with Gasteiger partial charge in [-0.2, -0.15) is 4.98 Å². The number of anilines is 2. The predicted molar refractivity (Wildman–Crippen MR) is 201 cm³/mol. The highest BCUT2D eigenvalue weighted by molar-refractivity contribution is 6.02. The van der Waals surface area contributed by atoms with Crippen molar-refractivity contribution in [3.8, 4) is 5.75 Å². The number of imide groups is 1. The number of nitrogen functional groups attached to an aromatic ring is 1. The van der Waals surface area contributed by atoms with Gasteiger partial charge in [-0.3, -0.25) is 24.2 Å². The quantitative estimate of drug-likeness (QED) is 0.143. The molecule has 2 aromatic heterocycles. The second-order valence-corrected chi connectivity index (χ2v) is 12.6. The zero-order valence-electron chi connectivity index (χ0n) is 31.3. The number of ether oxygens (including phenoxy) is 1. The number of piperazine rings is 1. The monoisotopic (exact) mass is 692 g/mol. The molecule has 3 N–H and O–H groups in total. The van der Waals surface area contributed by atoms with Crippen LogP contribution in [0.4, 0.5) is 11.8 Å². The molecule has 1 aromatic carbocycles. The van der Waals surface area contributed by atoms with Gasteiger partial charge in [-0.15, -0.1) is 0 Å². The molecular weight excluding hydrogens is 632 g/mol. The zero-order valence-corrected chi connectivity index (χ0v) is 31.3. The summed E-state index contributed by atoms with van der Waals surface area (Å²) in [5, 5.41) is 3.45. The number of nitrogens with two attached hydrogens (primary N) is 1. The third-order valence-electron chi connectivity index (χ3n) is 8.94. The zero-order chi connectivity index (χ0) is 36.5. The van der Waals surface area contributed by atoms with Crippen molar-refractivity contribution in [3.05, 3.63) is 41.6 Å². The summed E-state index contributed by atoms with van der Waals surface area (Å²) in [5.41, 5.74) is 9.89. The molecule has 12 heteroatoms. The molecule has 0 bridgehead atoms. The minimum atomic E-state index is -0.176. The van der Waals surface area contributed by atoms with E-state index in [0.717, 1.165) is 79.2 Å². The number of benzene rings is 1. The van der Waals surface area contributed by atoms with E-state index in [1.54, 1.807) is 7.11 Å². The number of hydrogen-bond donors (Lipinski definition) is 2. The Balaban J connectivity index is 0.000000887. The summed E-state index contributed by atoms with van der Waals surface area (Å²) in [6.07, 6.45) is 10.1. The number of amides is 3. The van der Waals surface area contributed by atoms with Gasteiger partial charge >= 0.3 is 0 Å². The average Bonchev–Trinajstić information content (AvgIpc) is 3.68. The number of methoxy groups -OCH3 is 1. The van der Waals surface area contributed by atoms with Crippen LogP contribution in [0.1, 0.15) is 104 Å². The van der Waals surface area contributed by atoms with Crippen molar-refractivity contribution in [1.29, 1.82) is 0 Å². The van der Waals surface area contributed by atoms with Gasteiger partial charge in [0.1, 0.15) is 11.3 Å². The van der Waals surface area contributed by atoms with Gasteiger partial charge in [-0.05, 0) is 24.1 Å². The largest absolute Gasteiger partial charge is 0.496 e. The fraction of sp³-hybridized carbons (Fsp3) is 0.605. The Morgan fingerprint density at radius 2 is 1.58 bits per heavy atom. The topological polar surface area (TPSA) is 139 Å². The normalized spacial score (nSPS) is 14.7. The lowest BCUT2D eigenvalue weighted by Crippen LogP contribution is -2.49. The second-order valence-electron chi connectivity index (χ2n) is 12.6. The van der Waals surface area contributed by atoms with E-state index in [1.165, 1.54) is 24.2 Å². The number of likely N-dealkylation sites (tertiary alicyclic amines) is 1. The Morgan fingerprint density at radius 1 is 0.900 bits per heavy atom. The maximum absolute atomic E-state index is 12.7. The van der Waals surface area contributed by atoms with Crippen LogP contribution in [0, 0.1) is 0 Å². The van der Waals surface area contributed by atoms with Crippen LogP contribution in [-0.4, -0.2) is 93.3 Å². The van der Waals surface area contributed by atoms with E-state index in [0.29, 0.717) is 19.6 Å². The van der Waals surface area contributed by atoms with Gasteiger partial charge in [0.25, 0.3) is 0 Å². The first kappa shape index (κ1) is 40.2. The molecule has 2 aliphatic heterocycles. The third kappa shape index (κ3) is 11.4. The summed E-state index contributed by atoms with van der Waals surface area (Å²) in [5.74, 6) is 1.45. The fourth-order valence-corrected chi connectivity index (χ4v) is 6.17. The summed E-state index contributed by atoms with van der Waals surface area (Å²) >= 11 is 0. The number of carbonyl (C=O) groups excluding carboxylic acids is 3. The first-order valence-corrected chi connectivity index (χ1v) is 18.6. The van der Waals surface area contributed by atoms with Gasteiger partial charge in [0.05, 0.1) is 19.2 Å². The number of fused-ring (bicyclic) bond motifs is 1. The summed E-state index contributed by atoms with van der Waals surface area (Å²) in [6, 6.07) is 8.28. The number of carbonyl (C=O) groups is 3. The van der Waals surface area contributed by atoms with Gasteiger partial charge in [0.15, 0.2) is 5.82 Å². The van der Waals surface area contributed by atoms with Crippen LogP contribution in [0.3, 0.4) is 0 Å². The predicted octanol–water partition coefficient (Wildman–Crippen LogP) is 6.08. The van der Waals surface area contributed by atoms with Crippen LogP contribution in [0.25, 0.3) is 11.0 Å². The van der Waals surface area contributed by atoms with E-state index < -0.39 is 0 Å². The van der Waals surface area contributed by atoms with Crippen molar-refractivity contribution in [2.45, 2.75) is 105 Å². The molecule has 0 atom stereocenters. The Hall–Kier alpha value is -4.19. The lowest BCUT2D eigenvalue weighted by atomic mass is 10.1. The highest BCUT2D eigenvalue weighted by Gasteiger charge is 2.30. The van der Waals surface area contributed by atoms with Gasteiger partial charge in [-0.25, -0.2) is 4.98 Å². The molecule has 2 saturated heterocycles. The van der Waals surface area contributed by atoms with Crippen LogP contribution < -0.4 is 15.8 Å². The standard InChI is InChI=1S/C31H42N8O4.C5H12.C2H6/c1-3-4-5-12-33-30-29-24(34-31(32)35-30)10-13-38(29)21-23-7-6-22(19-25(23)43-2)20-36-15-17-37(18-16-36)26(40)11-14-39-27(41)8-9-28(39)42;1-3-5-4-2;1-2/h6-7,10,13,19H,3-5,8-9,11-12,14-18,20-21H2,1-2H3,(H3,32,33,34,35);3-5H2,1-2H3;1-2H3. The molecule has 50 heavy (non-hydrogen) atoms. The van der Waals surface area contributed by atoms with Crippen molar-refractivity contribution in [3.63, 3.8) is 0 Å². The van der Waals surface area contributed by atoms with E-state index in [4.69, 9.17) is 10.5 Å². The molecule has 5 rings (SSSR count). The Morgan fingerprint density at radius 3 is 2.20 bits per heavy atom. The summed E-state index contributed by atoms with van der Waals surface area (Å²) in [7, 11) is 1.69. The smallest absolute Gasteiger partial charge is 0.229 e. The van der Waals surface area contributed by atoms with Gasteiger partial charge < -0.3 is 25.3 Å². The maximum atomic E-state index is 12.7. The van der Waals surface area contributed by atoms with Gasteiger partial charge in [0.2, 0.25) is 23.7 Å². The summed E-state index contributed by atoms with van der Waals surface area (Å²) in [4.78, 5) is 50.6. The van der Waals surface area contributed by atoms with E-state index in [2.05, 4.69) is 63.7 Å². The van der Waals surface area contributed by atoms with E-state index >= 15 is 0 Å². The molecule has 2 aliphatic rings. The number of hydrogen-bond acceptors (Lipinski definition) is 9. The van der Waals surface area contributed by atoms with Crippen molar-refractivity contribution in [2.24, 2.45) is 0 Å². The summed E-state index contributed by atoms with van der Waals surface area (Å²) < 4.78 is 7.93. The number of aromatic nitrogens is 3. The number of nitrogens with one attached hydrogen (secondary N) is 1. The molecular formula is C38H60N8O4. The van der Waals surface area contributed by atoms with E-state index in [9.17, 15) is 14.4 Å². The lowest BCUT2D eigenvalue weighted by molar-refractivity contribution is -0.139. The first-order valence-electron chi connectivity index (χ1n) is 18.6. The maximum Gasteiger partial charge on any atom is 0.229 e. The van der Waals surface area contributed by atoms with Crippen LogP contribution in [-0.2, 0) is 27.5 Å². The van der Waals surface area contributed by atoms with Crippen molar-refractivity contribution < 1.29 is 19.1 Å². The van der Waals surface area contributed by atoms with Crippen molar-refractivity contribution >= 4 is 40.5 Å². The number of rotatable bonds is 15. The van der Waals surface area contributed by atoms with Crippen LogP contribution >= 0.6 is 0 Å². The Bertz CT molecular complexity index is 1500. The molecule has 2 fully saturated rings. The van der Waals surface area contributed by atoms with Crippen molar-refractivity contribution in [1.82, 2.24) is 29.2 Å². The molecule has 4 heterocycles. The highest BCUT2D eigenvalue weighted by Crippen LogP contribution is 2.27. The van der Waals surface area contributed by atoms with Crippen LogP contribution in [0.5, 0.6) is 5.75 Å². The van der Waals surface area contributed by atoms with Crippen LogP contribution in [0.15, 0.2) is 30.5 Å². The second kappa shape index (κ2) is 21.1. The molecule has 3 aromatic rings. The molecule has 0 saturated carbocycles. The molecule has 276 valence electrons. The minimum Gasteiger partial charge on any atom is -0.496 e. The number of nitrogens with zero attached hydrogens (tertiary/aromatic N) is 6. The molecule has 3 amide bonds. The molecule has 12 nitrogen and oxygen atoms in total. The molecule has 0 spiro atoms. The SMILES string of the molecule is CC.CCCCC.CCCCCNc1nc(N)nc2ccn(Cc3ccc(CN4CCN(C(=O)CCN5C(=O)CCC5=O)CC4)cc3OC)c12.